The monoisotopic (exact) mass is 748 g/mol. The van der Waals surface area contributed by atoms with E-state index in [2.05, 4.69) is 67.8 Å². The van der Waals surface area contributed by atoms with Gasteiger partial charge in [-0.25, -0.2) is 0 Å². The third kappa shape index (κ3) is 25.6. The van der Waals surface area contributed by atoms with Crippen molar-refractivity contribution in [2.45, 2.75) is 198 Å². The van der Waals surface area contributed by atoms with E-state index in [4.69, 9.17) is 9.47 Å². The molecule has 306 valence electrons. The summed E-state index contributed by atoms with van der Waals surface area (Å²) < 4.78 is 11.1. The first-order valence-corrected chi connectivity index (χ1v) is 21.0. The number of aliphatic hydroxyl groups excluding tert-OH is 5. The Labute approximate surface area is 322 Å². The highest BCUT2D eigenvalue weighted by molar-refractivity contribution is 5.76. The number of carbonyl (C=O) groups excluding carboxylic acids is 1. The highest BCUT2D eigenvalue weighted by Crippen LogP contribution is 2.22. The lowest BCUT2D eigenvalue weighted by Gasteiger charge is -2.40. The number of unbranched alkanes of at least 4 members (excludes halogenated alkanes) is 15. The molecular formula is C44H77NO8. The summed E-state index contributed by atoms with van der Waals surface area (Å²) in [5, 5.41) is 53.6. The van der Waals surface area contributed by atoms with Crippen molar-refractivity contribution >= 4 is 5.91 Å². The number of ether oxygens (including phenoxy) is 2. The largest absolute Gasteiger partial charge is 0.394 e. The molecule has 1 rings (SSSR count). The maximum absolute atomic E-state index is 12.8. The predicted molar refractivity (Wildman–Crippen MR) is 216 cm³/mol. The Morgan fingerprint density at radius 3 is 1.74 bits per heavy atom. The van der Waals surface area contributed by atoms with Crippen LogP contribution < -0.4 is 5.32 Å². The molecule has 9 heteroatoms. The number of nitrogens with one attached hydrogen (secondary N) is 1. The number of amides is 1. The van der Waals surface area contributed by atoms with Crippen LogP contribution in [-0.2, 0) is 14.3 Å². The zero-order chi connectivity index (χ0) is 38.8. The average molecular weight is 748 g/mol. The van der Waals surface area contributed by atoms with Gasteiger partial charge in [0.25, 0.3) is 0 Å². The van der Waals surface area contributed by atoms with Gasteiger partial charge in [-0.05, 0) is 57.8 Å². The van der Waals surface area contributed by atoms with Crippen LogP contribution >= 0.6 is 0 Å². The van der Waals surface area contributed by atoms with E-state index >= 15 is 0 Å². The first-order valence-electron chi connectivity index (χ1n) is 21.0. The number of allylic oxidation sites excluding steroid dienone is 9. The second-order valence-electron chi connectivity index (χ2n) is 14.4. The maximum Gasteiger partial charge on any atom is 0.220 e. The summed E-state index contributed by atoms with van der Waals surface area (Å²) in [6.07, 6.45) is 37.5. The van der Waals surface area contributed by atoms with Gasteiger partial charge in [0.15, 0.2) is 6.29 Å². The second-order valence-corrected chi connectivity index (χ2v) is 14.4. The van der Waals surface area contributed by atoms with Gasteiger partial charge in [0.1, 0.15) is 24.4 Å². The third-order valence-corrected chi connectivity index (χ3v) is 9.60. The maximum atomic E-state index is 12.8. The highest BCUT2D eigenvalue weighted by Gasteiger charge is 2.44. The molecule has 7 unspecified atom stereocenters. The van der Waals surface area contributed by atoms with Crippen molar-refractivity contribution in [1.82, 2.24) is 5.32 Å². The lowest BCUT2D eigenvalue weighted by Crippen LogP contribution is -2.60. The topological polar surface area (TPSA) is 149 Å². The lowest BCUT2D eigenvalue weighted by atomic mass is 9.99. The molecule has 53 heavy (non-hydrogen) atoms. The fourth-order valence-corrected chi connectivity index (χ4v) is 6.20. The molecule has 1 heterocycles. The van der Waals surface area contributed by atoms with E-state index in [0.29, 0.717) is 6.42 Å². The van der Waals surface area contributed by atoms with Gasteiger partial charge in [0, 0.05) is 6.42 Å². The van der Waals surface area contributed by atoms with Gasteiger partial charge in [-0.2, -0.15) is 0 Å². The van der Waals surface area contributed by atoms with Crippen LogP contribution in [0.2, 0.25) is 0 Å². The molecule has 0 aliphatic carbocycles. The lowest BCUT2D eigenvalue weighted by molar-refractivity contribution is -0.302. The average Bonchev–Trinajstić information content (AvgIpc) is 3.16. The van der Waals surface area contributed by atoms with Gasteiger partial charge in [0.05, 0.1) is 25.4 Å². The molecule has 1 fully saturated rings. The van der Waals surface area contributed by atoms with Gasteiger partial charge < -0.3 is 40.3 Å². The summed E-state index contributed by atoms with van der Waals surface area (Å²) in [6.45, 7) is 3.52. The van der Waals surface area contributed by atoms with Crippen LogP contribution in [0.5, 0.6) is 0 Å². The van der Waals surface area contributed by atoms with Crippen molar-refractivity contribution in [3.05, 3.63) is 60.8 Å². The highest BCUT2D eigenvalue weighted by atomic mass is 16.7. The standard InChI is InChI=1S/C44H77NO8/c1-3-5-7-9-10-11-12-13-14-15-16-17-18-19-20-21-22-23-24-25-26-27-28-30-32-34-40(48)45-37(38(47)33-31-29-8-6-4-2)36-52-44-43(51)42(50)41(49)39(35-46)53-44/h5,7,10-11,13-14,16-17,31,33,37-39,41-44,46-47,49-51H,3-4,6,8-9,12,15,18-30,32,34-36H2,1-2H3,(H,45,48)/b7-5-,11-10-,14-13-,17-16-,33-31+. The smallest absolute Gasteiger partial charge is 0.220 e. The fraction of sp³-hybridized carbons (Fsp3) is 0.750. The Hall–Kier alpha value is -2.11. The van der Waals surface area contributed by atoms with E-state index in [1.807, 2.05) is 6.08 Å². The van der Waals surface area contributed by atoms with E-state index in [9.17, 15) is 30.3 Å². The van der Waals surface area contributed by atoms with Crippen molar-refractivity contribution in [2.75, 3.05) is 13.2 Å². The van der Waals surface area contributed by atoms with Crippen molar-refractivity contribution in [3.8, 4) is 0 Å². The van der Waals surface area contributed by atoms with Crippen molar-refractivity contribution in [3.63, 3.8) is 0 Å². The number of rotatable bonds is 33. The predicted octanol–water partition coefficient (Wildman–Crippen LogP) is 8.05. The number of hydrogen-bond acceptors (Lipinski definition) is 8. The normalized spacial score (nSPS) is 22.3. The van der Waals surface area contributed by atoms with Crippen LogP contribution in [0.15, 0.2) is 60.8 Å². The van der Waals surface area contributed by atoms with E-state index in [-0.39, 0.29) is 12.5 Å². The zero-order valence-electron chi connectivity index (χ0n) is 33.2. The number of aliphatic hydroxyl groups is 5. The summed E-state index contributed by atoms with van der Waals surface area (Å²) in [7, 11) is 0. The quantitative estimate of drug-likeness (QED) is 0.0292. The van der Waals surface area contributed by atoms with Gasteiger partial charge in [-0.3, -0.25) is 4.79 Å². The molecule has 0 aromatic rings. The first-order chi connectivity index (χ1) is 25.8. The Balaban J connectivity index is 2.17. The summed E-state index contributed by atoms with van der Waals surface area (Å²) in [4.78, 5) is 12.8. The van der Waals surface area contributed by atoms with E-state index < -0.39 is 49.5 Å². The minimum absolute atomic E-state index is 0.190. The molecule has 1 amide bonds. The van der Waals surface area contributed by atoms with Gasteiger partial charge >= 0.3 is 0 Å². The molecule has 0 radical (unpaired) electrons. The molecule has 1 saturated heterocycles. The molecule has 0 aromatic carbocycles. The Kier molecular flexibility index (Phi) is 31.7. The van der Waals surface area contributed by atoms with E-state index in [1.165, 1.54) is 64.2 Å². The summed E-state index contributed by atoms with van der Waals surface area (Å²) in [6, 6.07) is -0.803. The summed E-state index contributed by atoms with van der Waals surface area (Å²) >= 11 is 0. The van der Waals surface area contributed by atoms with Gasteiger partial charge in [0.2, 0.25) is 5.91 Å². The molecule has 7 atom stereocenters. The molecule has 9 nitrogen and oxygen atoms in total. The van der Waals surface area contributed by atoms with Crippen molar-refractivity contribution in [1.29, 1.82) is 0 Å². The van der Waals surface area contributed by atoms with Gasteiger partial charge in [-0.1, -0.05) is 152 Å². The molecule has 1 aliphatic rings. The molecule has 0 aromatic heterocycles. The minimum Gasteiger partial charge on any atom is -0.394 e. The number of carbonyl (C=O) groups is 1. The fourth-order valence-electron chi connectivity index (χ4n) is 6.20. The molecule has 0 spiro atoms. The van der Waals surface area contributed by atoms with E-state index in [0.717, 1.165) is 70.6 Å². The molecule has 0 saturated carbocycles. The third-order valence-electron chi connectivity index (χ3n) is 9.60. The summed E-state index contributed by atoms with van der Waals surface area (Å²) in [5.74, 6) is -0.190. The van der Waals surface area contributed by atoms with Crippen LogP contribution in [0, 0.1) is 0 Å². The molecule has 1 aliphatic heterocycles. The van der Waals surface area contributed by atoms with Crippen molar-refractivity contribution < 1.29 is 39.8 Å². The number of hydrogen-bond donors (Lipinski definition) is 6. The molecule has 0 bridgehead atoms. The summed E-state index contributed by atoms with van der Waals surface area (Å²) in [5.41, 5.74) is 0. The first kappa shape index (κ1) is 48.9. The van der Waals surface area contributed by atoms with Crippen LogP contribution in [0.1, 0.15) is 155 Å². The van der Waals surface area contributed by atoms with Crippen LogP contribution in [-0.4, -0.2) is 87.5 Å². The van der Waals surface area contributed by atoms with Crippen LogP contribution in [0.4, 0.5) is 0 Å². The van der Waals surface area contributed by atoms with Crippen molar-refractivity contribution in [2.24, 2.45) is 0 Å². The van der Waals surface area contributed by atoms with Gasteiger partial charge in [-0.15, -0.1) is 0 Å². The second kappa shape index (κ2) is 34.4. The Morgan fingerprint density at radius 1 is 0.660 bits per heavy atom. The molecular weight excluding hydrogens is 670 g/mol. The van der Waals surface area contributed by atoms with Crippen LogP contribution in [0.25, 0.3) is 0 Å². The SMILES string of the molecule is CC/C=C\C/C=C\C/C=C\C/C=C\CCCCCCCCCCCCCCC(=O)NC(COC1OC(CO)C(O)C(O)C1O)C(O)/C=C/CCCCC. The Morgan fingerprint density at radius 2 is 1.17 bits per heavy atom. The minimum atomic E-state index is -1.56. The van der Waals surface area contributed by atoms with E-state index in [1.54, 1.807) is 6.08 Å². The molecule has 6 N–H and O–H groups in total. The zero-order valence-corrected chi connectivity index (χ0v) is 33.2. The van der Waals surface area contributed by atoms with Crippen LogP contribution in [0.3, 0.4) is 0 Å². The Bertz CT molecular complexity index is 1010.